The lowest BCUT2D eigenvalue weighted by Gasteiger charge is -2.23. The van der Waals surface area contributed by atoms with Gasteiger partial charge in [0.2, 0.25) is 5.91 Å². The lowest BCUT2D eigenvalue weighted by molar-refractivity contribution is -0.120. The van der Waals surface area contributed by atoms with Gasteiger partial charge in [-0.1, -0.05) is 20.8 Å². The second-order valence-electron chi connectivity index (χ2n) is 4.57. The predicted molar refractivity (Wildman–Crippen MR) is 76.6 cm³/mol. The van der Waals surface area contributed by atoms with Gasteiger partial charge in [-0.25, -0.2) is 0 Å². The molecule has 0 saturated heterocycles. The summed E-state index contributed by atoms with van der Waals surface area (Å²) in [6, 6.07) is 2.11. The third-order valence-electron chi connectivity index (χ3n) is 2.50. The molecule has 17 heavy (non-hydrogen) atoms. The normalized spacial score (nSPS) is 11.5. The first-order valence-electron chi connectivity index (χ1n) is 5.67. The van der Waals surface area contributed by atoms with Gasteiger partial charge in [-0.05, 0) is 28.5 Å². The van der Waals surface area contributed by atoms with Crippen molar-refractivity contribution in [2.24, 2.45) is 0 Å². The van der Waals surface area contributed by atoms with E-state index in [0.717, 1.165) is 11.0 Å². The van der Waals surface area contributed by atoms with Gasteiger partial charge >= 0.3 is 0 Å². The first-order chi connectivity index (χ1) is 7.95. The third kappa shape index (κ3) is 4.77. The van der Waals surface area contributed by atoms with Crippen LogP contribution in [-0.4, -0.2) is 25.5 Å². The fraction of sp³-hybridized carbons (Fsp3) is 0.583. The molecule has 0 unspecified atom stereocenters. The quantitative estimate of drug-likeness (QED) is 0.846. The number of likely N-dealkylation sites (N-methyl/N-ethyl adjacent to an activating group) is 1. The molecule has 96 valence electrons. The molecule has 1 aromatic rings. The molecule has 0 aliphatic heterocycles. The highest BCUT2D eigenvalue weighted by Crippen LogP contribution is 2.30. The van der Waals surface area contributed by atoms with Crippen LogP contribution in [0, 0.1) is 0 Å². The molecule has 5 heteroatoms. The molecule has 2 N–H and O–H groups in total. The van der Waals surface area contributed by atoms with Crippen molar-refractivity contribution in [2.45, 2.75) is 26.2 Å². The van der Waals surface area contributed by atoms with Gasteiger partial charge in [-0.15, -0.1) is 11.3 Å². The van der Waals surface area contributed by atoms with E-state index < -0.39 is 0 Å². The minimum Gasteiger partial charge on any atom is -0.354 e. The Kier molecular flexibility index (Phi) is 5.62. The van der Waals surface area contributed by atoms with Crippen molar-refractivity contribution in [2.75, 3.05) is 19.6 Å². The third-order valence-corrected chi connectivity index (χ3v) is 4.55. The van der Waals surface area contributed by atoms with Crippen molar-refractivity contribution in [3.8, 4) is 0 Å². The van der Waals surface area contributed by atoms with Gasteiger partial charge in [0.05, 0.1) is 6.54 Å². The van der Waals surface area contributed by atoms with Crippen molar-refractivity contribution in [3.63, 3.8) is 0 Å². The number of thiophene rings is 1. The number of carbonyl (C=O) groups is 1. The fourth-order valence-electron chi connectivity index (χ4n) is 1.38. The molecule has 0 spiro atoms. The van der Waals surface area contributed by atoms with E-state index in [2.05, 4.69) is 51.9 Å². The van der Waals surface area contributed by atoms with Crippen LogP contribution in [0.3, 0.4) is 0 Å². The summed E-state index contributed by atoms with van der Waals surface area (Å²) in [6.07, 6.45) is 0. The van der Waals surface area contributed by atoms with E-state index in [-0.39, 0.29) is 11.3 Å². The van der Waals surface area contributed by atoms with Gasteiger partial charge in [0.1, 0.15) is 0 Å². The lowest BCUT2D eigenvalue weighted by Crippen LogP contribution is -2.40. The molecule has 0 radical (unpaired) electrons. The Morgan fingerprint density at radius 1 is 1.53 bits per heavy atom. The van der Waals surface area contributed by atoms with Crippen LogP contribution in [0.25, 0.3) is 0 Å². The molecule has 0 fully saturated rings. The lowest BCUT2D eigenvalue weighted by atomic mass is 9.91. The highest BCUT2D eigenvalue weighted by atomic mass is 79.9. The molecule has 0 saturated carbocycles. The van der Waals surface area contributed by atoms with E-state index in [1.807, 2.05) is 6.92 Å². The van der Waals surface area contributed by atoms with Gasteiger partial charge in [-0.3, -0.25) is 4.79 Å². The maximum absolute atomic E-state index is 11.5. The maximum atomic E-state index is 11.5. The van der Waals surface area contributed by atoms with Gasteiger partial charge in [0.15, 0.2) is 0 Å². The fourth-order valence-corrected chi connectivity index (χ4v) is 2.93. The Balaban J connectivity index is 2.47. The van der Waals surface area contributed by atoms with Crippen LogP contribution in [0.5, 0.6) is 0 Å². The molecular formula is C12H19BrN2OS. The summed E-state index contributed by atoms with van der Waals surface area (Å²) in [4.78, 5) is 12.8. The van der Waals surface area contributed by atoms with Crippen LogP contribution in [0.4, 0.5) is 0 Å². The van der Waals surface area contributed by atoms with E-state index in [1.54, 1.807) is 11.3 Å². The predicted octanol–water partition coefficient (Wildman–Crippen LogP) is 2.51. The standard InChI is InChI=1S/C12H19BrN2OS/c1-4-14-6-11(16)15-8-12(2,3)10-5-9(13)7-17-10/h5,7,14H,4,6,8H2,1-3H3,(H,15,16). The average molecular weight is 319 g/mol. The van der Waals surface area contributed by atoms with Crippen molar-refractivity contribution in [1.82, 2.24) is 10.6 Å². The molecular weight excluding hydrogens is 300 g/mol. The first kappa shape index (κ1) is 14.7. The highest BCUT2D eigenvalue weighted by molar-refractivity contribution is 9.10. The first-order valence-corrected chi connectivity index (χ1v) is 7.35. The summed E-state index contributed by atoms with van der Waals surface area (Å²) in [5.74, 6) is 0.0514. The minimum atomic E-state index is -0.0292. The van der Waals surface area contributed by atoms with Gasteiger partial charge in [0, 0.05) is 26.7 Å². The molecule has 3 nitrogen and oxygen atoms in total. The van der Waals surface area contributed by atoms with Crippen LogP contribution in [0.1, 0.15) is 25.6 Å². The monoisotopic (exact) mass is 318 g/mol. The Labute approximate surface area is 115 Å². The van der Waals surface area contributed by atoms with E-state index >= 15 is 0 Å². The van der Waals surface area contributed by atoms with E-state index in [4.69, 9.17) is 0 Å². The largest absolute Gasteiger partial charge is 0.354 e. The highest BCUT2D eigenvalue weighted by Gasteiger charge is 2.23. The molecule has 0 atom stereocenters. The van der Waals surface area contributed by atoms with Crippen molar-refractivity contribution in [3.05, 3.63) is 20.8 Å². The molecule has 0 aliphatic rings. The average Bonchev–Trinajstić information content (AvgIpc) is 2.71. The summed E-state index contributed by atoms with van der Waals surface area (Å²) in [5, 5.41) is 8.03. The number of carbonyl (C=O) groups excluding carboxylic acids is 1. The molecule has 1 heterocycles. The number of amides is 1. The molecule has 0 aliphatic carbocycles. The Bertz CT molecular complexity index is 376. The van der Waals surface area contributed by atoms with E-state index in [9.17, 15) is 4.79 Å². The van der Waals surface area contributed by atoms with Crippen molar-refractivity contribution in [1.29, 1.82) is 0 Å². The van der Waals surface area contributed by atoms with Crippen molar-refractivity contribution < 1.29 is 4.79 Å². The Morgan fingerprint density at radius 2 is 2.24 bits per heavy atom. The number of rotatable bonds is 6. The number of nitrogens with one attached hydrogen (secondary N) is 2. The zero-order valence-corrected chi connectivity index (χ0v) is 12.9. The van der Waals surface area contributed by atoms with Crippen LogP contribution < -0.4 is 10.6 Å². The second kappa shape index (κ2) is 6.52. The number of hydrogen-bond donors (Lipinski definition) is 2. The summed E-state index contributed by atoms with van der Waals surface area (Å²) in [6.45, 7) is 8.12. The maximum Gasteiger partial charge on any atom is 0.233 e. The van der Waals surface area contributed by atoms with E-state index in [0.29, 0.717) is 13.1 Å². The topological polar surface area (TPSA) is 41.1 Å². The smallest absolute Gasteiger partial charge is 0.233 e. The SMILES string of the molecule is CCNCC(=O)NCC(C)(C)c1cc(Br)cs1. The van der Waals surface area contributed by atoms with Crippen molar-refractivity contribution >= 4 is 33.2 Å². The van der Waals surface area contributed by atoms with E-state index in [1.165, 1.54) is 4.88 Å². The van der Waals surface area contributed by atoms with Gasteiger partial charge in [-0.2, -0.15) is 0 Å². The zero-order chi connectivity index (χ0) is 12.9. The van der Waals surface area contributed by atoms with Crippen LogP contribution in [0.15, 0.2) is 15.9 Å². The molecule has 1 amide bonds. The second-order valence-corrected chi connectivity index (χ2v) is 6.40. The molecule has 0 bridgehead atoms. The van der Waals surface area contributed by atoms with Crippen LogP contribution in [-0.2, 0) is 10.2 Å². The molecule has 0 aromatic carbocycles. The van der Waals surface area contributed by atoms with Crippen LogP contribution in [0.2, 0.25) is 0 Å². The minimum absolute atomic E-state index is 0.0292. The summed E-state index contributed by atoms with van der Waals surface area (Å²) in [7, 11) is 0. The summed E-state index contributed by atoms with van der Waals surface area (Å²) in [5.41, 5.74) is -0.0292. The molecule has 1 aromatic heterocycles. The zero-order valence-electron chi connectivity index (χ0n) is 10.5. The summed E-state index contributed by atoms with van der Waals surface area (Å²) < 4.78 is 1.10. The van der Waals surface area contributed by atoms with Crippen LogP contribution >= 0.6 is 27.3 Å². The number of hydrogen-bond acceptors (Lipinski definition) is 3. The molecule has 1 rings (SSSR count). The van der Waals surface area contributed by atoms with Gasteiger partial charge < -0.3 is 10.6 Å². The summed E-state index contributed by atoms with van der Waals surface area (Å²) >= 11 is 5.16. The Morgan fingerprint density at radius 3 is 2.76 bits per heavy atom. The number of halogens is 1. The Hall–Kier alpha value is -0.390. The van der Waals surface area contributed by atoms with Gasteiger partial charge in [0.25, 0.3) is 0 Å².